The Bertz CT molecular complexity index is 945. The number of anilines is 1. The first-order valence-electron chi connectivity index (χ1n) is 10.4. The summed E-state index contributed by atoms with van der Waals surface area (Å²) in [5.74, 6) is 1.25. The second-order valence-electron chi connectivity index (χ2n) is 8.38. The van der Waals surface area contributed by atoms with Crippen molar-refractivity contribution in [3.05, 3.63) is 33.6 Å². The first kappa shape index (κ1) is 21.6. The van der Waals surface area contributed by atoms with Gasteiger partial charge in [-0.1, -0.05) is 29.6 Å². The van der Waals surface area contributed by atoms with E-state index in [-0.39, 0.29) is 12.0 Å². The second kappa shape index (κ2) is 8.50. The summed E-state index contributed by atoms with van der Waals surface area (Å²) < 4.78 is 5.23. The highest BCUT2D eigenvalue weighted by Crippen LogP contribution is 2.46. The summed E-state index contributed by atoms with van der Waals surface area (Å²) in [7, 11) is 1.54. The number of methoxy groups -OCH3 is 1. The monoisotopic (exact) mass is 450 g/mol. The fourth-order valence-corrected chi connectivity index (χ4v) is 5.47. The topological polar surface area (TPSA) is 84.5 Å². The van der Waals surface area contributed by atoms with Crippen molar-refractivity contribution in [2.75, 3.05) is 25.1 Å². The lowest BCUT2D eigenvalue weighted by Crippen LogP contribution is -2.47. The Labute approximate surface area is 187 Å². The molecule has 0 amide bonds. The largest absolute Gasteiger partial charge is 0.495 e. The quantitative estimate of drug-likeness (QED) is 0.719. The molecular formula is C22H28Cl2N4O2. The van der Waals surface area contributed by atoms with Crippen molar-refractivity contribution in [2.24, 2.45) is 11.1 Å². The van der Waals surface area contributed by atoms with Crippen molar-refractivity contribution in [3.63, 3.8) is 0 Å². The number of aliphatic hydroxyl groups excluding tert-OH is 1. The molecule has 4 rings (SSSR count). The van der Waals surface area contributed by atoms with Crippen LogP contribution in [-0.2, 0) is 6.61 Å². The molecule has 0 bridgehead atoms. The van der Waals surface area contributed by atoms with E-state index in [9.17, 15) is 5.11 Å². The van der Waals surface area contributed by atoms with Crippen molar-refractivity contribution >= 4 is 29.0 Å². The first-order chi connectivity index (χ1) is 14.4. The average molecular weight is 451 g/mol. The molecule has 30 heavy (non-hydrogen) atoms. The lowest BCUT2D eigenvalue weighted by atomic mass is 9.74. The Kier molecular flexibility index (Phi) is 6.13. The van der Waals surface area contributed by atoms with Crippen LogP contribution in [0, 0.1) is 12.3 Å². The molecule has 1 aliphatic carbocycles. The van der Waals surface area contributed by atoms with E-state index in [1.165, 1.54) is 12.8 Å². The molecule has 2 aliphatic rings. The molecule has 0 unspecified atom stereocenters. The minimum Gasteiger partial charge on any atom is -0.495 e. The van der Waals surface area contributed by atoms with Crippen molar-refractivity contribution < 1.29 is 9.84 Å². The van der Waals surface area contributed by atoms with Gasteiger partial charge in [0.1, 0.15) is 16.5 Å². The van der Waals surface area contributed by atoms with Gasteiger partial charge in [0.05, 0.1) is 30.1 Å². The van der Waals surface area contributed by atoms with Gasteiger partial charge in [-0.25, -0.2) is 9.97 Å². The summed E-state index contributed by atoms with van der Waals surface area (Å²) in [6.45, 7) is 3.46. The van der Waals surface area contributed by atoms with E-state index in [4.69, 9.17) is 43.6 Å². The average Bonchev–Trinajstić information content (AvgIpc) is 3.10. The van der Waals surface area contributed by atoms with Gasteiger partial charge in [0.25, 0.3) is 0 Å². The molecular weight excluding hydrogens is 423 g/mol. The number of rotatable bonds is 4. The van der Waals surface area contributed by atoms with E-state index in [1.807, 2.05) is 13.0 Å². The van der Waals surface area contributed by atoms with E-state index >= 15 is 0 Å². The molecule has 2 heterocycles. The smallest absolute Gasteiger partial charge is 0.153 e. The van der Waals surface area contributed by atoms with Crippen LogP contribution >= 0.6 is 23.2 Å². The molecule has 1 spiro atoms. The molecule has 162 valence electrons. The molecule has 2 fully saturated rings. The maximum atomic E-state index is 10.0. The highest BCUT2D eigenvalue weighted by molar-refractivity contribution is 6.44. The molecule has 2 aromatic rings. The second-order valence-corrected chi connectivity index (χ2v) is 9.13. The van der Waals surface area contributed by atoms with Gasteiger partial charge in [0.2, 0.25) is 0 Å². The van der Waals surface area contributed by atoms with Gasteiger partial charge in [0.15, 0.2) is 5.82 Å². The van der Waals surface area contributed by atoms with Crippen molar-refractivity contribution in [2.45, 2.75) is 51.7 Å². The molecule has 8 heteroatoms. The maximum absolute atomic E-state index is 10.0. The van der Waals surface area contributed by atoms with Crippen LogP contribution in [-0.4, -0.2) is 41.3 Å². The lowest BCUT2D eigenvalue weighted by Gasteiger charge is -2.42. The SMILES string of the molecule is COc1ccc(-c2nc(CO)c(N3CCC4(CCC[C@H]4N)CC3)nc2C)c(Cl)c1Cl. The molecule has 1 aliphatic heterocycles. The van der Waals surface area contributed by atoms with Gasteiger partial charge in [-0.2, -0.15) is 0 Å². The molecule has 1 aromatic heterocycles. The van der Waals surface area contributed by atoms with Crippen LogP contribution in [0.15, 0.2) is 12.1 Å². The van der Waals surface area contributed by atoms with E-state index in [0.29, 0.717) is 38.8 Å². The molecule has 1 saturated heterocycles. The predicted molar refractivity (Wildman–Crippen MR) is 120 cm³/mol. The summed E-state index contributed by atoms with van der Waals surface area (Å²) in [5, 5.41) is 10.7. The Balaban J connectivity index is 1.65. The number of aromatic nitrogens is 2. The molecule has 6 nitrogen and oxygen atoms in total. The Hall–Kier alpha value is -1.60. The van der Waals surface area contributed by atoms with Gasteiger partial charge in [-0.05, 0) is 50.2 Å². The first-order valence-corrected chi connectivity index (χ1v) is 11.2. The zero-order chi connectivity index (χ0) is 21.5. The molecule has 1 aromatic carbocycles. The van der Waals surface area contributed by atoms with Gasteiger partial charge < -0.3 is 20.5 Å². The van der Waals surface area contributed by atoms with E-state index < -0.39 is 0 Å². The number of nitrogens with zero attached hydrogens (tertiary/aromatic N) is 3. The summed E-state index contributed by atoms with van der Waals surface area (Å²) >= 11 is 12.8. The van der Waals surface area contributed by atoms with Crippen LogP contribution in [0.2, 0.25) is 10.0 Å². The summed E-state index contributed by atoms with van der Waals surface area (Å²) in [4.78, 5) is 11.8. The predicted octanol–water partition coefficient (Wildman–Crippen LogP) is 4.36. The summed E-state index contributed by atoms with van der Waals surface area (Å²) in [6.07, 6.45) is 5.68. The van der Waals surface area contributed by atoms with Crippen molar-refractivity contribution in [1.29, 1.82) is 0 Å². The fraction of sp³-hybridized carbons (Fsp3) is 0.545. The van der Waals surface area contributed by atoms with Crippen LogP contribution in [0.4, 0.5) is 5.82 Å². The molecule has 1 saturated carbocycles. The Morgan fingerprint density at radius 3 is 2.53 bits per heavy atom. The number of ether oxygens (including phenoxy) is 1. The van der Waals surface area contributed by atoms with Crippen molar-refractivity contribution in [1.82, 2.24) is 9.97 Å². The Morgan fingerprint density at radius 1 is 1.20 bits per heavy atom. The maximum Gasteiger partial charge on any atom is 0.153 e. The number of nitrogens with two attached hydrogens (primary N) is 1. The molecule has 3 N–H and O–H groups in total. The summed E-state index contributed by atoms with van der Waals surface area (Å²) in [5.41, 5.74) is 9.26. The minimum absolute atomic E-state index is 0.196. The van der Waals surface area contributed by atoms with Gasteiger partial charge in [0, 0.05) is 24.7 Å². The highest BCUT2D eigenvalue weighted by Gasteiger charge is 2.43. The number of hydrogen-bond donors (Lipinski definition) is 2. The van der Waals surface area contributed by atoms with Gasteiger partial charge in [-0.3, -0.25) is 0 Å². The van der Waals surface area contributed by atoms with E-state index in [2.05, 4.69) is 4.90 Å². The highest BCUT2D eigenvalue weighted by atomic mass is 35.5. The van der Waals surface area contributed by atoms with Crippen LogP contribution in [0.3, 0.4) is 0 Å². The number of halogens is 2. The van der Waals surface area contributed by atoms with Crippen LogP contribution in [0.25, 0.3) is 11.3 Å². The fourth-order valence-electron chi connectivity index (χ4n) is 4.98. The summed E-state index contributed by atoms with van der Waals surface area (Å²) in [6, 6.07) is 3.87. The van der Waals surface area contributed by atoms with Crippen LogP contribution in [0.1, 0.15) is 43.5 Å². The van der Waals surface area contributed by atoms with E-state index in [1.54, 1.807) is 13.2 Å². The van der Waals surface area contributed by atoms with Crippen molar-refractivity contribution in [3.8, 4) is 17.0 Å². The third-order valence-electron chi connectivity index (χ3n) is 6.83. The van der Waals surface area contributed by atoms with Gasteiger partial charge in [-0.15, -0.1) is 0 Å². The zero-order valence-corrected chi connectivity index (χ0v) is 18.9. The third kappa shape index (κ3) is 3.64. The number of aryl methyl sites for hydroxylation is 1. The normalized spacial score (nSPS) is 20.7. The van der Waals surface area contributed by atoms with Crippen LogP contribution < -0.4 is 15.4 Å². The van der Waals surface area contributed by atoms with Crippen LogP contribution in [0.5, 0.6) is 5.75 Å². The lowest BCUT2D eigenvalue weighted by molar-refractivity contribution is 0.196. The van der Waals surface area contributed by atoms with Gasteiger partial charge >= 0.3 is 0 Å². The molecule has 1 atom stereocenters. The zero-order valence-electron chi connectivity index (χ0n) is 17.4. The van der Waals surface area contributed by atoms with E-state index in [0.717, 1.165) is 43.9 Å². The number of piperidine rings is 1. The molecule has 0 radical (unpaired) electrons. The standard InChI is InChI=1S/C22H28Cl2N4O2/c1-13-20(14-5-6-16(30-2)19(24)18(14)23)27-15(12-29)21(26-13)28-10-8-22(9-11-28)7-3-4-17(22)25/h5-6,17,29H,3-4,7-12,25H2,1-2H3/t17-/m1/s1. The number of benzene rings is 1. The minimum atomic E-state index is -0.196. The number of hydrogen-bond acceptors (Lipinski definition) is 6. The number of aliphatic hydroxyl groups is 1. The third-order valence-corrected chi connectivity index (χ3v) is 7.69. The Morgan fingerprint density at radius 2 is 1.93 bits per heavy atom.